The lowest BCUT2D eigenvalue weighted by atomic mass is 9.79. The highest BCUT2D eigenvalue weighted by Gasteiger charge is 2.45. The van der Waals surface area contributed by atoms with E-state index < -0.39 is 37.3 Å². The lowest BCUT2D eigenvalue weighted by molar-refractivity contribution is -0.277. The average molecular weight is 582 g/mol. The van der Waals surface area contributed by atoms with Crippen molar-refractivity contribution < 1.29 is 50.0 Å². The highest BCUT2D eigenvalue weighted by molar-refractivity contribution is 5.53. The first-order chi connectivity index (χ1) is 20.2. The van der Waals surface area contributed by atoms with Crippen LogP contribution in [0.3, 0.4) is 0 Å². The molecule has 0 bridgehead atoms. The van der Waals surface area contributed by atoms with Gasteiger partial charge in [0.05, 0.1) is 13.7 Å². The van der Waals surface area contributed by atoms with Gasteiger partial charge in [-0.05, 0) is 83.5 Å². The molecule has 7 N–H and O–H groups in total. The van der Waals surface area contributed by atoms with Gasteiger partial charge in [-0.3, -0.25) is 4.90 Å². The molecule has 3 heterocycles. The SMILES string of the molecule is COc1cc2c(cc1O)CCN1[C@@H](Cc3ccc(O)cc3)c3cc(O[C@H]4O[C@@H](CO)[C@H](O)[C@H](O)[C@@H]4O)c(O)cc3C[C@@H]21. The predicted molar refractivity (Wildman–Crippen MR) is 149 cm³/mol. The summed E-state index contributed by atoms with van der Waals surface area (Å²) in [5.74, 6) is 0.481. The summed E-state index contributed by atoms with van der Waals surface area (Å²) in [6.45, 7) is 0.103. The molecule has 0 radical (unpaired) electrons. The molecule has 3 aromatic rings. The van der Waals surface area contributed by atoms with Crippen molar-refractivity contribution in [1.82, 2.24) is 4.90 Å². The molecule has 0 saturated carbocycles. The van der Waals surface area contributed by atoms with E-state index >= 15 is 0 Å². The Morgan fingerprint density at radius 3 is 2.26 bits per heavy atom. The number of methoxy groups -OCH3 is 1. The van der Waals surface area contributed by atoms with Crippen molar-refractivity contribution >= 4 is 0 Å². The highest BCUT2D eigenvalue weighted by atomic mass is 16.7. The molecule has 1 saturated heterocycles. The van der Waals surface area contributed by atoms with Gasteiger partial charge in [0.15, 0.2) is 23.0 Å². The first-order valence-corrected chi connectivity index (χ1v) is 13.9. The number of fused-ring (bicyclic) bond motifs is 4. The molecule has 3 aromatic carbocycles. The highest BCUT2D eigenvalue weighted by Crippen LogP contribution is 2.49. The van der Waals surface area contributed by atoms with Crippen molar-refractivity contribution in [2.24, 2.45) is 0 Å². The second-order valence-electron chi connectivity index (χ2n) is 11.2. The van der Waals surface area contributed by atoms with E-state index in [4.69, 9.17) is 14.2 Å². The number of nitrogens with zero attached hydrogens (tertiary/aromatic N) is 1. The van der Waals surface area contributed by atoms with Crippen LogP contribution in [-0.2, 0) is 24.0 Å². The second kappa shape index (κ2) is 11.3. The molecule has 11 heteroatoms. The molecular formula is C31H35NO10. The molecule has 3 aliphatic heterocycles. The van der Waals surface area contributed by atoms with Crippen molar-refractivity contribution in [1.29, 1.82) is 0 Å². The molecule has 42 heavy (non-hydrogen) atoms. The molecular weight excluding hydrogens is 546 g/mol. The molecule has 1 fully saturated rings. The lowest BCUT2D eigenvalue weighted by Gasteiger charge is -2.47. The number of phenolic OH excluding ortho intramolecular Hbond substituents is 3. The minimum atomic E-state index is -1.62. The minimum Gasteiger partial charge on any atom is -0.508 e. The number of ether oxygens (including phenoxy) is 3. The first-order valence-electron chi connectivity index (χ1n) is 13.9. The average Bonchev–Trinajstić information content (AvgIpc) is 2.98. The molecule has 0 amide bonds. The fourth-order valence-corrected chi connectivity index (χ4v) is 6.47. The zero-order valence-corrected chi connectivity index (χ0v) is 23.0. The van der Waals surface area contributed by atoms with Crippen LogP contribution < -0.4 is 9.47 Å². The Bertz CT molecular complexity index is 1440. The molecule has 6 rings (SSSR count). The third-order valence-electron chi connectivity index (χ3n) is 8.69. The van der Waals surface area contributed by atoms with E-state index in [1.807, 2.05) is 18.2 Å². The molecule has 11 nitrogen and oxygen atoms in total. The van der Waals surface area contributed by atoms with Gasteiger partial charge in [0.2, 0.25) is 6.29 Å². The maximum Gasteiger partial charge on any atom is 0.229 e. The van der Waals surface area contributed by atoms with Gasteiger partial charge in [0, 0.05) is 18.6 Å². The van der Waals surface area contributed by atoms with Gasteiger partial charge in [-0.2, -0.15) is 0 Å². The molecule has 0 spiro atoms. The largest absolute Gasteiger partial charge is 0.508 e. The standard InChI is InChI=1S/C31H35NO10/c1-40-25-12-19-16(10-23(25)35)6-7-32-21(8-15-2-4-18(34)5-3-15)20-13-26(24(36)11-17(20)9-22(19)32)41-31-30(39)29(38)28(37)27(14-33)42-31/h2-5,10-13,21-22,27-31,33-39H,6-9,14H2,1H3/t21-,22-,27-,28-,29-,30-,31-/m0/s1. The summed E-state index contributed by atoms with van der Waals surface area (Å²) in [5, 5.41) is 71.7. The number of hydrogen-bond acceptors (Lipinski definition) is 11. The number of aliphatic hydroxyl groups excluding tert-OH is 4. The maximum atomic E-state index is 11.0. The monoisotopic (exact) mass is 581 g/mol. The number of aromatic hydroxyl groups is 3. The molecule has 7 atom stereocenters. The zero-order chi connectivity index (χ0) is 29.7. The van der Waals surface area contributed by atoms with Gasteiger partial charge >= 0.3 is 0 Å². The molecule has 224 valence electrons. The van der Waals surface area contributed by atoms with Crippen molar-refractivity contribution in [2.75, 3.05) is 20.3 Å². The fraction of sp³-hybridized carbons (Fsp3) is 0.419. The molecule has 0 unspecified atom stereocenters. The molecule has 0 aromatic heterocycles. The minimum absolute atomic E-state index is 0.0243. The van der Waals surface area contributed by atoms with E-state index in [0.29, 0.717) is 31.6 Å². The van der Waals surface area contributed by atoms with Crippen LogP contribution in [0.15, 0.2) is 48.5 Å². The van der Waals surface area contributed by atoms with Crippen molar-refractivity contribution in [3.63, 3.8) is 0 Å². The Labute approximate surface area is 242 Å². The Morgan fingerprint density at radius 1 is 0.857 bits per heavy atom. The van der Waals surface area contributed by atoms with Gasteiger partial charge in [0.25, 0.3) is 0 Å². The van der Waals surface area contributed by atoms with E-state index in [0.717, 1.165) is 27.8 Å². The van der Waals surface area contributed by atoms with Crippen molar-refractivity contribution in [2.45, 2.75) is 62.1 Å². The zero-order valence-electron chi connectivity index (χ0n) is 23.0. The van der Waals surface area contributed by atoms with Crippen LogP contribution in [0.4, 0.5) is 0 Å². The third kappa shape index (κ3) is 5.02. The van der Waals surface area contributed by atoms with Gasteiger partial charge in [-0.25, -0.2) is 0 Å². The van der Waals surface area contributed by atoms with Crippen LogP contribution in [0.2, 0.25) is 0 Å². The Balaban J connectivity index is 1.39. The van der Waals surface area contributed by atoms with Gasteiger partial charge in [-0.1, -0.05) is 12.1 Å². The summed E-state index contributed by atoms with van der Waals surface area (Å²) in [6, 6.07) is 13.7. The quantitative estimate of drug-likeness (QED) is 0.225. The van der Waals surface area contributed by atoms with Crippen LogP contribution in [0, 0.1) is 0 Å². The smallest absolute Gasteiger partial charge is 0.229 e. The summed E-state index contributed by atoms with van der Waals surface area (Å²) in [4.78, 5) is 2.38. The predicted octanol–water partition coefficient (Wildman–Crippen LogP) is 1.43. The first kappa shape index (κ1) is 28.5. The van der Waals surface area contributed by atoms with E-state index in [2.05, 4.69) is 4.90 Å². The number of aliphatic hydroxyl groups is 4. The van der Waals surface area contributed by atoms with Crippen molar-refractivity contribution in [3.05, 3.63) is 76.3 Å². The van der Waals surface area contributed by atoms with Gasteiger partial charge in [0.1, 0.15) is 30.2 Å². The Kier molecular flexibility index (Phi) is 7.64. The summed E-state index contributed by atoms with van der Waals surface area (Å²) in [5.41, 5.74) is 4.85. The normalized spacial score (nSPS) is 28.8. The van der Waals surface area contributed by atoms with E-state index in [1.54, 1.807) is 30.3 Å². The molecule has 3 aliphatic rings. The van der Waals surface area contributed by atoms with Gasteiger partial charge in [-0.15, -0.1) is 0 Å². The summed E-state index contributed by atoms with van der Waals surface area (Å²) < 4.78 is 16.8. The van der Waals surface area contributed by atoms with Crippen LogP contribution >= 0.6 is 0 Å². The van der Waals surface area contributed by atoms with E-state index in [-0.39, 0.29) is 35.1 Å². The second-order valence-corrected chi connectivity index (χ2v) is 11.2. The number of rotatable bonds is 6. The van der Waals surface area contributed by atoms with E-state index in [9.17, 15) is 35.7 Å². The third-order valence-corrected chi connectivity index (χ3v) is 8.69. The van der Waals surface area contributed by atoms with Crippen molar-refractivity contribution in [3.8, 4) is 28.7 Å². The van der Waals surface area contributed by atoms with Crippen LogP contribution in [0.5, 0.6) is 28.7 Å². The summed E-state index contributed by atoms with van der Waals surface area (Å²) >= 11 is 0. The number of benzene rings is 3. The Morgan fingerprint density at radius 2 is 1.55 bits per heavy atom. The maximum absolute atomic E-state index is 11.0. The lowest BCUT2D eigenvalue weighted by Crippen LogP contribution is -2.60. The van der Waals surface area contributed by atoms with Crippen LogP contribution in [0.1, 0.15) is 39.9 Å². The Hall–Kier alpha value is -3.58. The van der Waals surface area contributed by atoms with E-state index in [1.165, 1.54) is 7.11 Å². The topological polar surface area (TPSA) is 173 Å². The van der Waals surface area contributed by atoms with Crippen LogP contribution in [0.25, 0.3) is 0 Å². The van der Waals surface area contributed by atoms with Crippen LogP contribution in [-0.4, -0.2) is 91.6 Å². The number of hydrogen-bond donors (Lipinski definition) is 7. The molecule has 0 aliphatic carbocycles. The summed E-state index contributed by atoms with van der Waals surface area (Å²) in [7, 11) is 1.51. The number of phenols is 3. The summed E-state index contributed by atoms with van der Waals surface area (Å²) in [6.07, 6.45) is -5.52. The fourth-order valence-electron chi connectivity index (χ4n) is 6.47. The van der Waals surface area contributed by atoms with Gasteiger partial charge < -0.3 is 50.0 Å².